The van der Waals surface area contributed by atoms with Crippen LogP contribution in [0.3, 0.4) is 0 Å². The Balaban J connectivity index is 1.74. The zero-order valence-corrected chi connectivity index (χ0v) is 14.6. The maximum atomic E-state index is 5.29. The number of pyridine rings is 1. The Bertz CT molecular complexity index is 607. The second kappa shape index (κ2) is 8.27. The van der Waals surface area contributed by atoms with E-state index in [1.54, 1.807) is 7.11 Å². The number of likely N-dealkylation sites (tertiary alicyclic amines) is 1. The van der Waals surface area contributed by atoms with E-state index in [1.807, 2.05) is 24.5 Å². The van der Waals surface area contributed by atoms with Crippen molar-refractivity contribution in [2.45, 2.75) is 31.3 Å². The van der Waals surface area contributed by atoms with Crippen molar-refractivity contribution < 1.29 is 4.74 Å². The highest BCUT2D eigenvalue weighted by Gasteiger charge is 2.21. The number of hydrogen-bond donors (Lipinski definition) is 1. The van der Waals surface area contributed by atoms with Crippen molar-refractivity contribution in [3.05, 3.63) is 59.9 Å². The molecular formula is C20H27N3O. The molecule has 2 heterocycles. The molecule has 1 atom stereocenters. The molecule has 24 heavy (non-hydrogen) atoms. The number of piperidine rings is 1. The molecule has 1 aliphatic rings. The van der Waals surface area contributed by atoms with Gasteiger partial charge in [-0.2, -0.15) is 0 Å². The van der Waals surface area contributed by atoms with Crippen molar-refractivity contribution in [2.75, 3.05) is 27.2 Å². The molecule has 0 amide bonds. The summed E-state index contributed by atoms with van der Waals surface area (Å²) in [5.41, 5.74) is 2.62. The summed E-state index contributed by atoms with van der Waals surface area (Å²) >= 11 is 0. The van der Waals surface area contributed by atoms with E-state index in [0.717, 1.165) is 12.2 Å². The van der Waals surface area contributed by atoms with Crippen LogP contribution in [0.1, 0.15) is 30.0 Å². The van der Waals surface area contributed by atoms with Gasteiger partial charge in [0.1, 0.15) is 5.75 Å². The minimum atomic E-state index is 0.312. The molecule has 1 fully saturated rings. The molecule has 0 radical (unpaired) electrons. The lowest BCUT2D eigenvalue weighted by molar-refractivity contribution is 0.224. The molecule has 1 saturated heterocycles. The second-order valence-corrected chi connectivity index (χ2v) is 6.63. The molecule has 1 aliphatic heterocycles. The number of aromatic nitrogens is 1. The van der Waals surface area contributed by atoms with Crippen LogP contribution in [0.4, 0.5) is 0 Å². The van der Waals surface area contributed by atoms with Crippen LogP contribution in [0.15, 0.2) is 48.8 Å². The van der Waals surface area contributed by atoms with E-state index in [1.165, 1.54) is 37.1 Å². The van der Waals surface area contributed by atoms with E-state index < -0.39 is 0 Å². The van der Waals surface area contributed by atoms with Gasteiger partial charge in [-0.1, -0.05) is 12.1 Å². The molecule has 2 aromatic rings. The molecule has 4 heteroatoms. The standard InChI is InChI=1S/C20H27N3O/c1-23-13-9-18(10-14-23)22-20(15-16-7-11-21-12-8-16)17-3-5-19(24-2)6-4-17/h3-8,11-12,18,20,22H,9-10,13-15H2,1-2H3. The fourth-order valence-corrected chi connectivity index (χ4v) is 3.32. The Kier molecular flexibility index (Phi) is 5.83. The van der Waals surface area contributed by atoms with E-state index in [-0.39, 0.29) is 0 Å². The van der Waals surface area contributed by atoms with Crippen LogP contribution in [-0.2, 0) is 6.42 Å². The SMILES string of the molecule is COc1ccc(C(Cc2ccncc2)NC2CCN(C)CC2)cc1. The lowest BCUT2D eigenvalue weighted by atomic mass is 9.96. The van der Waals surface area contributed by atoms with Crippen LogP contribution in [0.25, 0.3) is 0 Å². The Morgan fingerprint density at radius 2 is 1.79 bits per heavy atom. The first kappa shape index (κ1) is 16.9. The molecular weight excluding hydrogens is 298 g/mol. The molecule has 0 aliphatic carbocycles. The maximum Gasteiger partial charge on any atom is 0.118 e. The first-order chi connectivity index (χ1) is 11.7. The predicted octanol–water partition coefficient (Wildman–Crippen LogP) is 3.06. The summed E-state index contributed by atoms with van der Waals surface area (Å²) in [5, 5.41) is 3.89. The molecule has 0 saturated carbocycles. The number of hydrogen-bond acceptors (Lipinski definition) is 4. The molecule has 1 N–H and O–H groups in total. The Morgan fingerprint density at radius 1 is 1.12 bits per heavy atom. The van der Waals surface area contributed by atoms with Crippen molar-refractivity contribution in [3.63, 3.8) is 0 Å². The van der Waals surface area contributed by atoms with E-state index in [0.29, 0.717) is 12.1 Å². The molecule has 1 aromatic heterocycles. The van der Waals surface area contributed by atoms with Crippen molar-refractivity contribution >= 4 is 0 Å². The van der Waals surface area contributed by atoms with E-state index in [4.69, 9.17) is 4.74 Å². The minimum Gasteiger partial charge on any atom is -0.497 e. The van der Waals surface area contributed by atoms with Crippen molar-refractivity contribution in [1.29, 1.82) is 0 Å². The van der Waals surface area contributed by atoms with Crippen LogP contribution in [-0.4, -0.2) is 43.2 Å². The fraction of sp³-hybridized carbons (Fsp3) is 0.450. The highest BCUT2D eigenvalue weighted by molar-refractivity contribution is 5.30. The number of rotatable bonds is 6. The Labute approximate surface area is 144 Å². The third-order valence-corrected chi connectivity index (χ3v) is 4.86. The highest BCUT2D eigenvalue weighted by atomic mass is 16.5. The van der Waals surface area contributed by atoms with Gasteiger partial charge in [-0.3, -0.25) is 4.98 Å². The van der Waals surface area contributed by atoms with Crippen LogP contribution in [0.5, 0.6) is 5.75 Å². The summed E-state index contributed by atoms with van der Waals surface area (Å²) < 4.78 is 5.29. The summed E-state index contributed by atoms with van der Waals surface area (Å²) in [6.07, 6.45) is 7.13. The fourth-order valence-electron chi connectivity index (χ4n) is 3.32. The molecule has 1 aromatic carbocycles. The first-order valence-electron chi connectivity index (χ1n) is 8.72. The zero-order chi connectivity index (χ0) is 16.8. The Morgan fingerprint density at radius 3 is 2.42 bits per heavy atom. The first-order valence-corrected chi connectivity index (χ1v) is 8.72. The predicted molar refractivity (Wildman–Crippen MR) is 97.3 cm³/mol. The number of nitrogens with one attached hydrogen (secondary N) is 1. The lowest BCUT2D eigenvalue weighted by Gasteiger charge is -2.33. The molecule has 0 spiro atoms. The van der Waals surface area contributed by atoms with Crippen molar-refractivity contribution in [1.82, 2.24) is 15.2 Å². The van der Waals surface area contributed by atoms with Gasteiger partial charge in [-0.05, 0) is 74.8 Å². The molecule has 1 unspecified atom stereocenters. The highest BCUT2D eigenvalue weighted by Crippen LogP contribution is 2.23. The third-order valence-electron chi connectivity index (χ3n) is 4.86. The minimum absolute atomic E-state index is 0.312. The molecule has 3 rings (SSSR count). The molecule has 128 valence electrons. The van der Waals surface area contributed by atoms with Crippen LogP contribution in [0.2, 0.25) is 0 Å². The largest absolute Gasteiger partial charge is 0.497 e. The summed E-state index contributed by atoms with van der Waals surface area (Å²) in [6.45, 7) is 2.34. The van der Waals surface area contributed by atoms with Gasteiger partial charge in [0.2, 0.25) is 0 Å². The summed E-state index contributed by atoms with van der Waals surface area (Å²) in [5.74, 6) is 0.903. The van der Waals surface area contributed by atoms with Crippen LogP contribution >= 0.6 is 0 Å². The second-order valence-electron chi connectivity index (χ2n) is 6.63. The van der Waals surface area contributed by atoms with Gasteiger partial charge in [0.15, 0.2) is 0 Å². The van der Waals surface area contributed by atoms with Gasteiger partial charge < -0.3 is 15.0 Å². The third kappa shape index (κ3) is 4.56. The van der Waals surface area contributed by atoms with Gasteiger partial charge in [-0.25, -0.2) is 0 Å². The smallest absolute Gasteiger partial charge is 0.118 e. The topological polar surface area (TPSA) is 37.4 Å². The van der Waals surface area contributed by atoms with Crippen molar-refractivity contribution in [2.24, 2.45) is 0 Å². The normalized spacial score (nSPS) is 17.6. The number of benzene rings is 1. The van der Waals surface area contributed by atoms with Crippen molar-refractivity contribution in [3.8, 4) is 5.75 Å². The molecule has 0 bridgehead atoms. The van der Waals surface area contributed by atoms with Crippen LogP contribution in [0, 0.1) is 0 Å². The number of methoxy groups -OCH3 is 1. The average molecular weight is 325 g/mol. The quantitative estimate of drug-likeness (QED) is 0.886. The van der Waals surface area contributed by atoms with Gasteiger partial charge >= 0.3 is 0 Å². The summed E-state index contributed by atoms with van der Waals surface area (Å²) in [4.78, 5) is 6.54. The summed E-state index contributed by atoms with van der Waals surface area (Å²) in [7, 11) is 3.91. The van der Waals surface area contributed by atoms with Crippen LogP contribution < -0.4 is 10.1 Å². The van der Waals surface area contributed by atoms with E-state index >= 15 is 0 Å². The number of nitrogens with zero attached hydrogens (tertiary/aromatic N) is 2. The molecule has 4 nitrogen and oxygen atoms in total. The summed E-state index contributed by atoms with van der Waals surface area (Å²) in [6, 6.07) is 13.5. The van der Waals surface area contributed by atoms with E-state index in [9.17, 15) is 0 Å². The monoisotopic (exact) mass is 325 g/mol. The van der Waals surface area contributed by atoms with Gasteiger partial charge in [0, 0.05) is 24.5 Å². The lowest BCUT2D eigenvalue weighted by Crippen LogP contribution is -2.42. The Hall–Kier alpha value is -1.91. The van der Waals surface area contributed by atoms with Gasteiger partial charge in [0.25, 0.3) is 0 Å². The zero-order valence-electron chi connectivity index (χ0n) is 14.6. The van der Waals surface area contributed by atoms with Gasteiger partial charge in [-0.15, -0.1) is 0 Å². The maximum absolute atomic E-state index is 5.29. The average Bonchev–Trinajstić information content (AvgIpc) is 2.64. The van der Waals surface area contributed by atoms with E-state index in [2.05, 4.69) is 46.5 Å². The number of ether oxygens (including phenoxy) is 1. The van der Waals surface area contributed by atoms with Gasteiger partial charge in [0.05, 0.1) is 7.11 Å².